The van der Waals surface area contributed by atoms with Gasteiger partial charge in [0.1, 0.15) is 0 Å². The molecule has 2 atom stereocenters. The van der Waals surface area contributed by atoms with E-state index in [2.05, 4.69) is 0 Å². The van der Waals surface area contributed by atoms with E-state index in [-0.39, 0.29) is 12.1 Å². The van der Waals surface area contributed by atoms with Crippen LogP contribution in [0.15, 0.2) is 0 Å². The highest BCUT2D eigenvalue weighted by molar-refractivity contribution is 8.17. The number of rotatable bonds is 4. The lowest BCUT2D eigenvalue weighted by Crippen LogP contribution is -2.42. The van der Waals surface area contributed by atoms with Crippen molar-refractivity contribution >= 4 is 23.5 Å². The van der Waals surface area contributed by atoms with Gasteiger partial charge in [-0.25, -0.2) is 0 Å². The third kappa shape index (κ3) is 4.34. The molecular formula is C13H25NOS2. The lowest BCUT2D eigenvalue weighted by atomic mass is 9.84. The molecule has 0 aromatic heterocycles. The highest BCUT2D eigenvalue weighted by Crippen LogP contribution is 2.35. The molecule has 1 saturated heterocycles. The first-order valence-corrected chi connectivity index (χ1v) is 9.04. The van der Waals surface area contributed by atoms with E-state index in [1.807, 2.05) is 23.5 Å². The van der Waals surface area contributed by atoms with E-state index in [9.17, 15) is 5.11 Å². The Bertz CT molecular complexity index is 215. The van der Waals surface area contributed by atoms with Crippen molar-refractivity contribution < 1.29 is 5.11 Å². The average Bonchev–Trinajstić information content (AvgIpc) is 2.40. The minimum absolute atomic E-state index is 0.0128. The van der Waals surface area contributed by atoms with E-state index < -0.39 is 0 Å². The summed E-state index contributed by atoms with van der Waals surface area (Å²) in [5, 5.41) is 10.3. The number of aliphatic hydroxyl groups excluding tert-OH is 1. The van der Waals surface area contributed by atoms with Gasteiger partial charge in [-0.2, -0.15) is 0 Å². The average molecular weight is 275 g/mol. The summed E-state index contributed by atoms with van der Waals surface area (Å²) in [4.78, 5) is 0. The Morgan fingerprint density at radius 1 is 1.06 bits per heavy atom. The van der Waals surface area contributed by atoms with Gasteiger partial charge in [-0.1, -0.05) is 32.1 Å². The second-order valence-electron chi connectivity index (χ2n) is 5.36. The molecule has 0 spiro atoms. The molecule has 2 aliphatic rings. The van der Waals surface area contributed by atoms with Crippen LogP contribution in [0.5, 0.6) is 0 Å². The number of thioether (sulfide) groups is 2. The van der Waals surface area contributed by atoms with Gasteiger partial charge in [0.15, 0.2) is 0 Å². The Balaban J connectivity index is 1.75. The normalized spacial score (nSPS) is 27.9. The molecule has 2 rings (SSSR count). The molecule has 1 saturated carbocycles. The summed E-state index contributed by atoms with van der Waals surface area (Å²) in [6, 6.07) is -0.0128. The lowest BCUT2D eigenvalue weighted by Gasteiger charge is -2.32. The summed E-state index contributed by atoms with van der Waals surface area (Å²) >= 11 is 3.79. The van der Waals surface area contributed by atoms with Crippen molar-refractivity contribution in [2.24, 2.45) is 11.7 Å². The number of hydrogen-bond acceptors (Lipinski definition) is 4. The summed E-state index contributed by atoms with van der Waals surface area (Å²) in [6.45, 7) is 0. The zero-order valence-electron chi connectivity index (χ0n) is 10.5. The van der Waals surface area contributed by atoms with E-state index in [0.29, 0.717) is 4.58 Å². The molecule has 1 aliphatic heterocycles. The van der Waals surface area contributed by atoms with Gasteiger partial charge in [0.2, 0.25) is 0 Å². The molecule has 0 aromatic rings. The van der Waals surface area contributed by atoms with Gasteiger partial charge in [0, 0.05) is 6.04 Å². The van der Waals surface area contributed by atoms with Crippen molar-refractivity contribution in [2.45, 2.75) is 61.7 Å². The van der Waals surface area contributed by atoms with Gasteiger partial charge >= 0.3 is 0 Å². The molecule has 0 bridgehead atoms. The van der Waals surface area contributed by atoms with Gasteiger partial charge in [-0.05, 0) is 30.3 Å². The van der Waals surface area contributed by atoms with Crippen molar-refractivity contribution in [1.82, 2.24) is 0 Å². The Hall–Kier alpha value is 0.620. The predicted octanol–water partition coefficient (Wildman–Crippen LogP) is 2.84. The second kappa shape index (κ2) is 7.27. The molecule has 2 nitrogen and oxygen atoms in total. The van der Waals surface area contributed by atoms with Gasteiger partial charge in [0.05, 0.1) is 10.7 Å². The summed E-state index contributed by atoms with van der Waals surface area (Å²) in [5.41, 5.74) is 6.20. The first-order chi connectivity index (χ1) is 8.27. The fourth-order valence-electron chi connectivity index (χ4n) is 2.85. The first kappa shape index (κ1) is 14.0. The highest BCUT2D eigenvalue weighted by Gasteiger charge is 2.29. The summed E-state index contributed by atoms with van der Waals surface area (Å²) in [5.74, 6) is 3.14. The predicted molar refractivity (Wildman–Crippen MR) is 78.5 cm³/mol. The summed E-state index contributed by atoms with van der Waals surface area (Å²) in [7, 11) is 0. The van der Waals surface area contributed by atoms with E-state index in [1.165, 1.54) is 50.0 Å². The van der Waals surface area contributed by atoms with Crippen molar-refractivity contribution in [3.63, 3.8) is 0 Å². The topological polar surface area (TPSA) is 46.2 Å². The first-order valence-electron chi connectivity index (χ1n) is 6.94. The van der Waals surface area contributed by atoms with Crippen LogP contribution in [0.4, 0.5) is 0 Å². The minimum Gasteiger partial charge on any atom is -0.389 e. The smallest absolute Gasteiger partial charge is 0.0900 e. The fourth-order valence-corrected chi connectivity index (χ4v) is 5.88. The number of nitrogens with two attached hydrogens (primary N) is 1. The standard InChI is InChI=1S/C13H25NOS2/c14-11(9-10-5-2-1-3-6-10)12(15)13-16-7-4-8-17-13/h10-13,15H,1-9,14H2. The second-order valence-corrected chi connectivity index (χ2v) is 8.16. The Labute approximate surface area is 113 Å². The lowest BCUT2D eigenvalue weighted by molar-refractivity contribution is 0.141. The van der Waals surface area contributed by atoms with Crippen LogP contribution >= 0.6 is 23.5 Å². The zero-order valence-corrected chi connectivity index (χ0v) is 12.1. The van der Waals surface area contributed by atoms with E-state index in [0.717, 1.165) is 12.3 Å². The van der Waals surface area contributed by atoms with E-state index in [1.54, 1.807) is 0 Å². The molecule has 4 heteroatoms. The Morgan fingerprint density at radius 2 is 1.71 bits per heavy atom. The summed E-state index contributed by atoms with van der Waals surface area (Å²) < 4.78 is 0.322. The molecule has 1 heterocycles. The zero-order chi connectivity index (χ0) is 12.1. The van der Waals surface area contributed by atoms with Gasteiger partial charge in [0.25, 0.3) is 0 Å². The van der Waals surface area contributed by atoms with Gasteiger partial charge in [-0.3, -0.25) is 0 Å². The van der Waals surface area contributed by atoms with Crippen LogP contribution in [-0.2, 0) is 0 Å². The van der Waals surface area contributed by atoms with E-state index >= 15 is 0 Å². The molecule has 100 valence electrons. The summed E-state index contributed by atoms with van der Waals surface area (Å²) in [6.07, 6.45) is 8.75. The monoisotopic (exact) mass is 275 g/mol. The molecular weight excluding hydrogens is 250 g/mol. The molecule has 0 radical (unpaired) electrons. The molecule has 0 amide bonds. The number of hydrogen-bond donors (Lipinski definition) is 2. The quantitative estimate of drug-likeness (QED) is 0.828. The molecule has 0 aromatic carbocycles. The highest BCUT2D eigenvalue weighted by atomic mass is 32.2. The molecule has 2 fully saturated rings. The fraction of sp³-hybridized carbons (Fsp3) is 1.00. The molecule has 2 unspecified atom stereocenters. The third-order valence-electron chi connectivity index (χ3n) is 3.90. The maximum Gasteiger partial charge on any atom is 0.0900 e. The van der Waals surface area contributed by atoms with Crippen molar-refractivity contribution in [3.05, 3.63) is 0 Å². The number of aliphatic hydroxyl groups is 1. The van der Waals surface area contributed by atoms with Crippen LogP contribution in [0.3, 0.4) is 0 Å². The maximum absolute atomic E-state index is 10.3. The van der Waals surface area contributed by atoms with Gasteiger partial charge in [-0.15, -0.1) is 23.5 Å². The molecule has 17 heavy (non-hydrogen) atoms. The largest absolute Gasteiger partial charge is 0.389 e. The van der Waals surface area contributed by atoms with E-state index in [4.69, 9.17) is 5.73 Å². The van der Waals surface area contributed by atoms with Gasteiger partial charge < -0.3 is 10.8 Å². The Morgan fingerprint density at radius 3 is 2.35 bits per heavy atom. The van der Waals surface area contributed by atoms with Crippen LogP contribution in [0.1, 0.15) is 44.9 Å². The van der Waals surface area contributed by atoms with Crippen molar-refractivity contribution in [3.8, 4) is 0 Å². The van der Waals surface area contributed by atoms with Crippen LogP contribution < -0.4 is 5.73 Å². The van der Waals surface area contributed by atoms with Crippen LogP contribution in [0.2, 0.25) is 0 Å². The van der Waals surface area contributed by atoms with Crippen LogP contribution in [0, 0.1) is 5.92 Å². The Kier molecular flexibility index (Phi) is 6.00. The SMILES string of the molecule is NC(CC1CCCCC1)C(O)C1SCCCS1. The van der Waals surface area contributed by atoms with Crippen LogP contribution in [0.25, 0.3) is 0 Å². The third-order valence-corrected chi connectivity index (χ3v) is 6.98. The van der Waals surface area contributed by atoms with Crippen LogP contribution in [-0.4, -0.2) is 33.3 Å². The van der Waals surface area contributed by atoms with Crippen molar-refractivity contribution in [2.75, 3.05) is 11.5 Å². The molecule has 1 aliphatic carbocycles. The minimum atomic E-state index is -0.313. The van der Waals surface area contributed by atoms with Crippen molar-refractivity contribution in [1.29, 1.82) is 0 Å². The molecule has 3 N–H and O–H groups in total. The maximum atomic E-state index is 10.3.